The molecule has 96 valence electrons. The zero-order valence-electron chi connectivity index (χ0n) is 10.5. The highest BCUT2D eigenvalue weighted by atomic mass is 16.1. The second kappa shape index (κ2) is 7.78. The number of rotatable bonds is 8. The molecule has 0 aliphatic heterocycles. The summed E-state index contributed by atoms with van der Waals surface area (Å²) in [4.78, 5) is 11.4. The van der Waals surface area contributed by atoms with Crippen LogP contribution in [0.2, 0.25) is 0 Å². The number of carbonyl (C=O) groups is 1. The Morgan fingerprint density at radius 2 is 2.24 bits per heavy atom. The van der Waals surface area contributed by atoms with Gasteiger partial charge in [0.2, 0.25) is 5.91 Å². The van der Waals surface area contributed by atoms with E-state index in [1.165, 1.54) is 0 Å². The molecule has 1 heterocycles. The molecule has 0 aromatic carbocycles. The van der Waals surface area contributed by atoms with Gasteiger partial charge < -0.3 is 10.6 Å². The number of aromatic nitrogens is 3. The molecule has 0 spiro atoms. The smallest absolute Gasteiger partial charge is 0.233 e. The summed E-state index contributed by atoms with van der Waals surface area (Å²) in [5, 5.41) is 13.5. The maximum atomic E-state index is 11.4. The summed E-state index contributed by atoms with van der Waals surface area (Å²) in [6.07, 6.45) is 4.45. The number of carbonyl (C=O) groups excluding carboxylic acids is 1. The first-order valence-corrected chi connectivity index (χ1v) is 6.00. The Bertz CT molecular complexity index is 310. The van der Waals surface area contributed by atoms with Gasteiger partial charge in [0.1, 0.15) is 0 Å². The molecule has 0 saturated carbocycles. The number of nitrogens with one attached hydrogen (secondary N) is 2. The quantitative estimate of drug-likeness (QED) is 0.628. The molecule has 0 aliphatic rings. The van der Waals surface area contributed by atoms with Crippen molar-refractivity contribution in [1.82, 2.24) is 25.6 Å². The predicted molar refractivity (Wildman–Crippen MR) is 65.4 cm³/mol. The van der Waals surface area contributed by atoms with Crippen LogP contribution in [0.4, 0.5) is 0 Å². The zero-order chi connectivity index (χ0) is 12.5. The Hall–Kier alpha value is -1.43. The average Bonchev–Trinajstić information content (AvgIpc) is 2.76. The summed E-state index contributed by atoms with van der Waals surface area (Å²) in [6.45, 7) is 6.82. The van der Waals surface area contributed by atoms with E-state index >= 15 is 0 Å². The summed E-state index contributed by atoms with van der Waals surface area (Å²) in [6, 6.07) is 0. The topological polar surface area (TPSA) is 71.8 Å². The molecular weight excluding hydrogens is 218 g/mol. The molecule has 1 rings (SSSR count). The Labute approximate surface area is 102 Å². The minimum Gasteiger partial charge on any atom is -0.355 e. The van der Waals surface area contributed by atoms with Gasteiger partial charge in [-0.05, 0) is 12.3 Å². The summed E-state index contributed by atoms with van der Waals surface area (Å²) >= 11 is 0. The predicted octanol–water partition coefficient (Wildman–Crippen LogP) is 0.0300. The van der Waals surface area contributed by atoms with E-state index in [2.05, 4.69) is 34.8 Å². The fourth-order valence-corrected chi connectivity index (χ4v) is 1.31. The van der Waals surface area contributed by atoms with Gasteiger partial charge in [-0.3, -0.25) is 9.48 Å². The van der Waals surface area contributed by atoms with Crippen molar-refractivity contribution in [2.45, 2.75) is 26.8 Å². The molecule has 6 heteroatoms. The maximum Gasteiger partial charge on any atom is 0.233 e. The molecule has 0 bridgehead atoms. The average molecular weight is 239 g/mol. The van der Waals surface area contributed by atoms with Gasteiger partial charge in [0.05, 0.1) is 19.3 Å². The zero-order valence-corrected chi connectivity index (χ0v) is 10.5. The first-order chi connectivity index (χ1) is 8.18. The molecule has 2 N–H and O–H groups in total. The fraction of sp³-hybridized carbons (Fsp3) is 0.727. The van der Waals surface area contributed by atoms with Crippen molar-refractivity contribution in [2.24, 2.45) is 5.92 Å². The minimum absolute atomic E-state index is 0.0456. The minimum atomic E-state index is 0.0456. The maximum absolute atomic E-state index is 11.4. The third-order valence-electron chi connectivity index (χ3n) is 2.32. The van der Waals surface area contributed by atoms with Crippen LogP contribution in [-0.2, 0) is 11.3 Å². The summed E-state index contributed by atoms with van der Waals surface area (Å²) in [5.74, 6) is 0.666. The number of hydrogen-bond acceptors (Lipinski definition) is 4. The Balaban J connectivity index is 1.97. The van der Waals surface area contributed by atoms with Crippen LogP contribution in [0.5, 0.6) is 0 Å². The van der Waals surface area contributed by atoms with Crippen molar-refractivity contribution in [2.75, 3.05) is 19.6 Å². The standard InChI is InChI=1S/C11H21N5O/c1-10(2)3-4-13-11(17)9-12-5-7-16-8-6-14-15-16/h6,8,10,12H,3-5,7,9H2,1-2H3,(H,13,17). The Kier molecular flexibility index (Phi) is 6.24. The lowest BCUT2D eigenvalue weighted by Gasteiger charge is -2.08. The van der Waals surface area contributed by atoms with Gasteiger partial charge in [-0.2, -0.15) is 0 Å². The molecule has 0 atom stereocenters. The van der Waals surface area contributed by atoms with Gasteiger partial charge in [0.25, 0.3) is 0 Å². The second-order valence-corrected chi connectivity index (χ2v) is 4.38. The van der Waals surface area contributed by atoms with Crippen molar-refractivity contribution in [3.8, 4) is 0 Å². The third-order valence-corrected chi connectivity index (χ3v) is 2.32. The van der Waals surface area contributed by atoms with Crippen LogP contribution in [0, 0.1) is 5.92 Å². The van der Waals surface area contributed by atoms with Gasteiger partial charge in [-0.1, -0.05) is 19.1 Å². The molecular formula is C11H21N5O. The van der Waals surface area contributed by atoms with Crippen LogP contribution in [0.3, 0.4) is 0 Å². The van der Waals surface area contributed by atoms with Crippen molar-refractivity contribution in [1.29, 1.82) is 0 Å². The van der Waals surface area contributed by atoms with Crippen molar-refractivity contribution in [3.63, 3.8) is 0 Å². The van der Waals surface area contributed by atoms with Crippen molar-refractivity contribution < 1.29 is 4.79 Å². The van der Waals surface area contributed by atoms with E-state index in [0.717, 1.165) is 19.5 Å². The summed E-state index contributed by atoms with van der Waals surface area (Å²) in [5.41, 5.74) is 0. The van der Waals surface area contributed by atoms with Crippen LogP contribution in [0.1, 0.15) is 20.3 Å². The van der Waals surface area contributed by atoms with Crippen molar-refractivity contribution in [3.05, 3.63) is 12.4 Å². The van der Waals surface area contributed by atoms with Crippen molar-refractivity contribution >= 4 is 5.91 Å². The van der Waals surface area contributed by atoms with Gasteiger partial charge in [0.15, 0.2) is 0 Å². The lowest BCUT2D eigenvalue weighted by molar-refractivity contribution is -0.120. The molecule has 0 radical (unpaired) electrons. The van der Waals surface area contributed by atoms with Crippen LogP contribution in [0.25, 0.3) is 0 Å². The molecule has 6 nitrogen and oxygen atoms in total. The van der Waals surface area contributed by atoms with E-state index in [1.54, 1.807) is 17.1 Å². The van der Waals surface area contributed by atoms with E-state index < -0.39 is 0 Å². The molecule has 1 aromatic heterocycles. The monoisotopic (exact) mass is 239 g/mol. The van der Waals surface area contributed by atoms with Crippen LogP contribution < -0.4 is 10.6 Å². The van der Waals surface area contributed by atoms with E-state index in [4.69, 9.17) is 0 Å². The number of amides is 1. The van der Waals surface area contributed by atoms with E-state index in [9.17, 15) is 4.79 Å². The molecule has 17 heavy (non-hydrogen) atoms. The SMILES string of the molecule is CC(C)CCNC(=O)CNCCn1ccnn1. The molecule has 0 unspecified atom stereocenters. The highest BCUT2D eigenvalue weighted by Crippen LogP contribution is 1.95. The highest BCUT2D eigenvalue weighted by molar-refractivity contribution is 5.77. The lowest BCUT2D eigenvalue weighted by atomic mass is 10.1. The first-order valence-electron chi connectivity index (χ1n) is 6.00. The van der Waals surface area contributed by atoms with Crippen LogP contribution in [0.15, 0.2) is 12.4 Å². The molecule has 1 aromatic rings. The lowest BCUT2D eigenvalue weighted by Crippen LogP contribution is -2.36. The Morgan fingerprint density at radius 3 is 2.88 bits per heavy atom. The number of nitrogens with zero attached hydrogens (tertiary/aromatic N) is 3. The van der Waals surface area contributed by atoms with Gasteiger partial charge in [-0.15, -0.1) is 5.10 Å². The molecule has 0 fully saturated rings. The molecule has 1 amide bonds. The van der Waals surface area contributed by atoms with Gasteiger partial charge in [-0.25, -0.2) is 0 Å². The molecule has 0 aliphatic carbocycles. The summed E-state index contributed by atoms with van der Waals surface area (Å²) < 4.78 is 1.73. The number of hydrogen-bond donors (Lipinski definition) is 2. The van der Waals surface area contributed by atoms with E-state index in [-0.39, 0.29) is 5.91 Å². The van der Waals surface area contributed by atoms with E-state index in [0.29, 0.717) is 19.0 Å². The first kappa shape index (κ1) is 13.6. The van der Waals surface area contributed by atoms with Crippen LogP contribution >= 0.6 is 0 Å². The van der Waals surface area contributed by atoms with Gasteiger partial charge >= 0.3 is 0 Å². The van der Waals surface area contributed by atoms with Gasteiger partial charge in [0, 0.05) is 19.3 Å². The third kappa shape index (κ3) is 6.68. The largest absolute Gasteiger partial charge is 0.355 e. The normalized spacial score (nSPS) is 10.8. The summed E-state index contributed by atoms with van der Waals surface area (Å²) in [7, 11) is 0. The Morgan fingerprint density at radius 1 is 1.41 bits per heavy atom. The second-order valence-electron chi connectivity index (χ2n) is 4.38. The highest BCUT2D eigenvalue weighted by Gasteiger charge is 2.00. The van der Waals surface area contributed by atoms with E-state index in [1.807, 2.05) is 0 Å². The van der Waals surface area contributed by atoms with Crippen LogP contribution in [-0.4, -0.2) is 40.5 Å². The fourth-order valence-electron chi connectivity index (χ4n) is 1.31. The molecule has 0 saturated heterocycles.